The van der Waals surface area contributed by atoms with E-state index in [1.54, 1.807) is 0 Å². The molecule has 1 fully saturated rings. The van der Waals surface area contributed by atoms with Crippen molar-refractivity contribution in [2.45, 2.75) is 39.3 Å². The fraction of sp³-hybridized carbons (Fsp3) is 0.619. The molecule has 6 heteroatoms. The zero-order valence-corrected chi connectivity index (χ0v) is 16.6. The van der Waals surface area contributed by atoms with E-state index in [4.69, 9.17) is 0 Å². The molecule has 0 aliphatic carbocycles. The molecular formula is C21H32N4O2. The standard InChI is InChI=1S/C21H32N4O2/c1-3-17(2)22-20(26)15-23-10-12-24(13-11-23)16-21(27)25-9-8-18-6-4-5-7-19(18)14-25/h4-7,17H,3,8-16H2,1-2H3,(H,22,26). The molecule has 1 saturated heterocycles. The van der Waals surface area contributed by atoms with E-state index >= 15 is 0 Å². The third-order valence-corrected chi connectivity index (χ3v) is 5.69. The van der Waals surface area contributed by atoms with Gasteiger partial charge in [0.1, 0.15) is 0 Å². The van der Waals surface area contributed by atoms with Gasteiger partial charge in [-0.3, -0.25) is 19.4 Å². The number of nitrogens with one attached hydrogen (secondary N) is 1. The average Bonchev–Trinajstić information content (AvgIpc) is 2.68. The van der Waals surface area contributed by atoms with Crippen molar-refractivity contribution in [1.82, 2.24) is 20.0 Å². The molecule has 27 heavy (non-hydrogen) atoms. The molecule has 1 N–H and O–H groups in total. The maximum absolute atomic E-state index is 12.7. The van der Waals surface area contributed by atoms with Crippen LogP contribution in [0, 0.1) is 0 Å². The molecule has 148 valence electrons. The summed E-state index contributed by atoms with van der Waals surface area (Å²) in [6.07, 6.45) is 1.89. The van der Waals surface area contributed by atoms with Gasteiger partial charge in [0.2, 0.25) is 11.8 Å². The Morgan fingerprint density at radius 1 is 1.00 bits per heavy atom. The third kappa shape index (κ3) is 5.53. The Bertz CT molecular complexity index is 655. The largest absolute Gasteiger partial charge is 0.353 e. The quantitative estimate of drug-likeness (QED) is 0.813. The number of carbonyl (C=O) groups is 2. The van der Waals surface area contributed by atoms with Crippen LogP contribution in [0.5, 0.6) is 0 Å². The molecule has 0 saturated carbocycles. The summed E-state index contributed by atoms with van der Waals surface area (Å²) in [5.74, 6) is 0.313. The number of benzene rings is 1. The first kappa shape index (κ1) is 19.8. The Kier molecular flexibility index (Phi) is 6.85. The minimum absolute atomic E-state index is 0.0980. The molecule has 0 radical (unpaired) electrons. The Hall–Kier alpha value is -1.92. The summed E-state index contributed by atoms with van der Waals surface area (Å²) in [5.41, 5.74) is 2.64. The number of carbonyl (C=O) groups excluding carboxylic acids is 2. The van der Waals surface area contributed by atoms with Crippen molar-refractivity contribution in [1.29, 1.82) is 0 Å². The molecule has 0 bridgehead atoms. The van der Waals surface area contributed by atoms with Crippen LogP contribution < -0.4 is 5.32 Å². The molecular weight excluding hydrogens is 340 g/mol. The molecule has 0 aromatic heterocycles. The Balaban J connectivity index is 1.40. The van der Waals surface area contributed by atoms with E-state index in [1.807, 2.05) is 17.9 Å². The Morgan fingerprint density at radius 3 is 2.30 bits per heavy atom. The van der Waals surface area contributed by atoms with Gasteiger partial charge in [-0.25, -0.2) is 0 Å². The first-order chi connectivity index (χ1) is 13.0. The van der Waals surface area contributed by atoms with Crippen LogP contribution in [0.15, 0.2) is 24.3 Å². The molecule has 2 amide bonds. The minimum Gasteiger partial charge on any atom is -0.353 e. The van der Waals surface area contributed by atoms with Crippen LogP contribution in [-0.4, -0.2) is 78.4 Å². The summed E-state index contributed by atoms with van der Waals surface area (Å²) >= 11 is 0. The Labute approximate surface area is 162 Å². The van der Waals surface area contributed by atoms with Gasteiger partial charge in [-0.05, 0) is 30.9 Å². The van der Waals surface area contributed by atoms with Gasteiger partial charge in [0.25, 0.3) is 0 Å². The average molecular weight is 373 g/mol. The first-order valence-electron chi connectivity index (χ1n) is 10.1. The van der Waals surface area contributed by atoms with Crippen molar-refractivity contribution in [3.05, 3.63) is 35.4 Å². The number of piperazine rings is 1. The number of nitrogens with zero attached hydrogens (tertiary/aromatic N) is 3. The fourth-order valence-electron chi connectivity index (χ4n) is 3.73. The maximum atomic E-state index is 12.7. The number of amides is 2. The third-order valence-electron chi connectivity index (χ3n) is 5.69. The predicted octanol–water partition coefficient (Wildman–Crippen LogP) is 1.10. The van der Waals surface area contributed by atoms with Crippen LogP contribution in [0.4, 0.5) is 0 Å². The highest BCUT2D eigenvalue weighted by molar-refractivity contribution is 5.79. The van der Waals surface area contributed by atoms with Gasteiger partial charge in [-0.2, -0.15) is 0 Å². The number of fused-ring (bicyclic) bond motifs is 1. The van der Waals surface area contributed by atoms with E-state index in [9.17, 15) is 9.59 Å². The lowest BCUT2D eigenvalue weighted by Gasteiger charge is -2.36. The molecule has 1 atom stereocenters. The molecule has 2 aliphatic heterocycles. The summed E-state index contributed by atoms with van der Waals surface area (Å²) in [4.78, 5) is 31.1. The number of hydrogen-bond acceptors (Lipinski definition) is 4. The van der Waals surface area contributed by atoms with E-state index in [-0.39, 0.29) is 17.9 Å². The molecule has 0 spiro atoms. The molecule has 1 aromatic rings. The van der Waals surface area contributed by atoms with Crippen LogP contribution in [0.2, 0.25) is 0 Å². The van der Waals surface area contributed by atoms with Gasteiger partial charge >= 0.3 is 0 Å². The van der Waals surface area contributed by atoms with Gasteiger partial charge in [0.15, 0.2) is 0 Å². The second kappa shape index (κ2) is 9.33. The minimum atomic E-state index is 0.0980. The highest BCUT2D eigenvalue weighted by Crippen LogP contribution is 2.18. The molecule has 3 rings (SSSR count). The van der Waals surface area contributed by atoms with Gasteiger partial charge < -0.3 is 10.2 Å². The van der Waals surface area contributed by atoms with E-state index in [0.717, 1.165) is 52.1 Å². The van der Waals surface area contributed by atoms with Crippen LogP contribution in [-0.2, 0) is 22.6 Å². The topological polar surface area (TPSA) is 55.9 Å². The van der Waals surface area contributed by atoms with Gasteiger partial charge in [0, 0.05) is 45.3 Å². The molecule has 6 nitrogen and oxygen atoms in total. The van der Waals surface area contributed by atoms with Crippen molar-refractivity contribution in [3.63, 3.8) is 0 Å². The van der Waals surface area contributed by atoms with Gasteiger partial charge in [0.05, 0.1) is 13.1 Å². The fourth-order valence-corrected chi connectivity index (χ4v) is 3.73. The molecule has 2 aliphatic rings. The number of rotatable bonds is 6. The van der Waals surface area contributed by atoms with E-state index in [2.05, 4.69) is 40.2 Å². The van der Waals surface area contributed by atoms with E-state index < -0.39 is 0 Å². The summed E-state index contributed by atoms with van der Waals surface area (Å²) < 4.78 is 0. The van der Waals surface area contributed by atoms with Crippen LogP contribution in [0.1, 0.15) is 31.4 Å². The van der Waals surface area contributed by atoms with Crippen LogP contribution in [0.25, 0.3) is 0 Å². The zero-order valence-electron chi connectivity index (χ0n) is 16.6. The summed E-state index contributed by atoms with van der Waals surface area (Å²) in [5, 5.41) is 3.02. The van der Waals surface area contributed by atoms with Crippen LogP contribution in [0.3, 0.4) is 0 Å². The van der Waals surface area contributed by atoms with Crippen molar-refractivity contribution in [2.75, 3.05) is 45.8 Å². The normalized spacial score (nSPS) is 19.4. The Morgan fingerprint density at radius 2 is 1.63 bits per heavy atom. The lowest BCUT2D eigenvalue weighted by Crippen LogP contribution is -2.52. The van der Waals surface area contributed by atoms with E-state index in [1.165, 1.54) is 11.1 Å². The van der Waals surface area contributed by atoms with Crippen molar-refractivity contribution in [3.8, 4) is 0 Å². The summed E-state index contributed by atoms with van der Waals surface area (Å²) in [7, 11) is 0. The highest BCUT2D eigenvalue weighted by Gasteiger charge is 2.25. The maximum Gasteiger partial charge on any atom is 0.237 e. The second-order valence-corrected chi connectivity index (χ2v) is 7.76. The second-order valence-electron chi connectivity index (χ2n) is 7.76. The predicted molar refractivity (Wildman–Crippen MR) is 106 cm³/mol. The molecule has 2 heterocycles. The monoisotopic (exact) mass is 372 g/mol. The molecule has 1 unspecified atom stereocenters. The van der Waals surface area contributed by atoms with Crippen molar-refractivity contribution >= 4 is 11.8 Å². The lowest BCUT2D eigenvalue weighted by molar-refractivity contribution is -0.134. The SMILES string of the molecule is CCC(C)NC(=O)CN1CCN(CC(=O)N2CCc3ccccc3C2)CC1. The molecule has 1 aromatic carbocycles. The number of hydrogen-bond donors (Lipinski definition) is 1. The van der Waals surface area contributed by atoms with Crippen molar-refractivity contribution < 1.29 is 9.59 Å². The first-order valence-corrected chi connectivity index (χ1v) is 10.1. The van der Waals surface area contributed by atoms with Crippen LogP contribution >= 0.6 is 0 Å². The highest BCUT2D eigenvalue weighted by atomic mass is 16.2. The van der Waals surface area contributed by atoms with Gasteiger partial charge in [-0.15, -0.1) is 0 Å². The lowest BCUT2D eigenvalue weighted by atomic mass is 10.00. The van der Waals surface area contributed by atoms with Gasteiger partial charge in [-0.1, -0.05) is 31.2 Å². The van der Waals surface area contributed by atoms with E-state index in [0.29, 0.717) is 13.1 Å². The zero-order chi connectivity index (χ0) is 19.2. The smallest absolute Gasteiger partial charge is 0.237 e. The van der Waals surface area contributed by atoms with Crippen molar-refractivity contribution in [2.24, 2.45) is 0 Å². The summed E-state index contributed by atoms with van der Waals surface area (Å²) in [6.45, 7) is 9.93. The summed E-state index contributed by atoms with van der Waals surface area (Å²) in [6, 6.07) is 8.62.